The third-order valence-electron chi connectivity index (χ3n) is 1.02. The van der Waals surface area contributed by atoms with Gasteiger partial charge in [-0.2, -0.15) is 0 Å². The Morgan fingerprint density at radius 2 is 2.55 bits per heavy atom. The lowest BCUT2D eigenvalue weighted by atomic mass is 10.4. The first-order chi connectivity index (χ1) is 5.33. The normalized spacial score (nSPS) is 10.2. The van der Waals surface area contributed by atoms with E-state index in [0.29, 0.717) is 5.76 Å². The predicted molar refractivity (Wildman–Crippen MR) is 42.5 cm³/mol. The molecular formula is C7H5NO2S. The zero-order valence-corrected chi connectivity index (χ0v) is 6.38. The summed E-state index contributed by atoms with van der Waals surface area (Å²) in [6.07, 6.45) is 4.29. The Morgan fingerprint density at radius 3 is 3.09 bits per heavy atom. The molecule has 0 aromatic carbocycles. The first-order valence-electron chi connectivity index (χ1n) is 2.92. The Morgan fingerprint density at radius 1 is 1.73 bits per heavy atom. The van der Waals surface area contributed by atoms with Crippen molar-refractivity contribution in [2.24, 2.45) is 4.36 Å². The molecule has 0 unspecified atom stereocenters. The van der Waals surface area contributed by atoms with Crippen LogP contribution in [0.4, 0.5) is 0 Å². The van der Waals surface area contributed by atoms with Crippen LogP contribution in [0.1, 0.15) is 5.76 Å². The van der Waals surface area contributed by atoms with Crippen molar-refractivity contribution in [2.75, 3.05) is 0 Å². The molecule has 0 fully saturated rings. The second kappa shape index (κ2) is 3.78. The molecule has 0 saturated heterocycles. The SMILES string of the molecule is O=C(/C=C/c1ccco1)N=S. The number of nitrogens with zero attached hydrogens (tertiary/aromatic N) is 1. The Hall–Kier alpha value is -1.29. The highest BCUT2D eigenvalue weighted by atomic mass is 32.1. The Bertz CT molecular complexity index is 277. The summed E-state index contributed by atoms with van der Waals surface area (Å²) < 4.78 is 7.92. The second-order valence-corrected chi connectivity index (χ2v) is 1.96. The van der Waals surface area contributed by atoms with E-state index in [0.717, 1.165) is 0 Å². The van der Waals surface area contributed by atoms with Crippen molar-refractivity contribution in [2.45, 2.75) is 0 Å². The number of hydrogen-bond donors (Lipinski definition) is 0. The van der Waals surface area contributed by atoms with Crippen LogP contribution >= 0.6 is 0 Å². The summed E-state index contributed by atoms with van der Waals surface area (Å²) in [6, 6.07) is 3.46. The van der Waals surface area contributed by atoms with E-state index in [-0.39, 0.29) is 0 Å². The minimum Gasteiger partial charge on any atom is -0.465 e. The van der Waals surface area contributed by atoms with E-state index in [2.05, 4.69) is 16.8 Å². The molecule has 0 bridgehead atoms. The van der Waals surface area contributed by atoms with Gasteiger partial charge in [0.1, 0.15) is 5.76 Å². The minimum atomic E-state index is -0.448. The molecule has 0 spiro atoms. The minimum absolute atomic E-state index is 0.448. The van der Waals surface area contributed by atoms with Gasteiger partial charge in [-0.05, 0) is 18.2 Å². The van der Waals surface area contributed by atoms with Crippen LogP contribution in [0.2, 0.25) is 0 Å². The van der Waals surface area contributed by atoms with E-state index >= 15 is 0 Å². The van der Waals surface area contributed by atoms with Crippen molar-refractivity contribution >= 4 is 24.4 Å². The first kappa shape index (κ1) is 7.81. The standard InChI is InChI=1S/C7H5NO2S/c9-7(8-11)4-3-6-2-1-5-10-6/h1-5H/b4-3+. The van der Waals surface area contributed by atoms with Crippen LogP contribution in [0.25, 0.3) is 6.08 Å². The fourth-order valence-corrected chi connectivity index (χ4v) is 0.631. The maximum absolute atomic E-state index is 10.5. The molecule has 0 aliphatic heterocycles. The lowest BCUT2D eigenvalue weighted by molar-refractivity contribution is -0.113. The Labute approximate surface area is 68.9 Å². The summed E-state index contributed by atoms with van der Waals surface area (Å²) in [5, 5.41) is 0. The summed E-state index contributed by atoms with van der Waals surface area (Å²) >= 11 is 4.16. The van der Waals surface area contributed by atoms with Gasteiger partial charge in [0.2, 0.25) is 0 Å². The highest BCUT2D eigenvalue weighted by Crippen LogP contribution is 2.01. The summed E-state index contributed by atoms with van der Waals surface area (Å²) in [7, 11) is 0. The molecule has 0 saturated carbocycles. The van der Waals surface area contributed by atoms with Crippen molar-refractivity contribution in [1.82, 2.24) is 0 Å². The monoisotopic (exact) mass is 167 g/mol. The van der Waals surface area contributed by atoms with Gasteiger partial charge in [0, 0.05) is 18.5 Å². The van der Waals surface area contributed by atoms with E-state index in [1.54, 1.807) is 12.1 Å². The van der Waals surface area contributed by atoms with Crippen LogP contribution in [0.3, 0.4) is 0 Å². The fourth-order valence-electron chi connectivity index (χ4n) is 0.570. The molecule has 3 nitrogen and oxygen atoms in total. The summed E-state index contributed by atoms with van der Waals surface area (Å²) in [6.45, 7) is 0. The molecule has 0 aliphatic carbocycles. The summed E-state index contributed by atoms with van der Waals surface area (Å²) in [5.41, 5.74) is 0. The van der Waals surface area contributed by atoms with Crippen molar-refractivity contribution in [3.05, 3.63) is 30.2 Å². The molecule has 4 heteroatoms. The van der Waals surface area contributed by atoms with Crippen LogP contribution in [-0.4, -0.2) is 5.91 Å². The lowest BCUT2D eigenvalue weighted by Gasteiger charge is -1.79. The van der Waals surface area contributed by atoms with Gasteiger partial charge in [-0.15, -0.1) is 4.36 Å². The zero-order chi connectivity index (χ0) is 8.10. The smallest absolute Gasteiger partial charge is 0.281 e. The number of carbonyl (C=O) groups is 1. The number of hydrogen-bond acceptors (Lipinski definition) is 3. The summed E-state index contributed by atoms with van der Waals surface area (Å²) in [4.78, 5) is 10.5. The molecule has 1 aromatic rings. The molecule has 1 aromatic heterocycles. The van der Waals surface area contributed by atoms with Gasteiger partial charge in [-0.3, -0.25) is 4.79 Å². The second-order valence-electron chi connectivity index (χ2n) is 1.78. The Balaban J connectivity index is 2.62. The van der Waals surface area contributed by atoms with Crippen LogP contribution < -0.4 is 0 Å². The zero-order valence-electron chi connectivity index (χ0n) is 5.56. The van der Waals surface area contributed by atoms with Crippen LogP contribution in [0.5, 0.6) is 0 Å². The number of carbonyl (C=O) groups excluding carboxylic acids is 1. The average molecular weight is 167 g/mol. The first-order valence-corrected chi connectivity index (χ1v) is 3.28. The maximum atomic E-state index is 10.5. The van der Waals surface area contributed by atoms with Gasteiger partial charge in [0.15, 0.2) is 0 Å². The average Bonchev–Trinajstić information content (AvgIpc) is 2.52. The van der Waals surface area contributed by atoms with Crippen molar-refractivity contribution < 1.29 is 9.21 Å². The van der Waals surface area contributed by atoms with Gasteiger partial charge < -0.3 is 4.42 Å². The quantitative estimate of drug-likeness (QED) is 0.627. The highest BCUT2D eigenvalue weighted by molar-refractivity contribution is 7.47. The van der Waals surface area contributed by atoms with Gasteiger partial charge in [0.05, 0.1) is 6.26 Å². The van der Waals surface area contributed by atoms with E-state index in [9.17, 15) is 4.79 Å². The van der Waals surface area contributed by atoms with E-state index in [1.807, 2.05) is 0 Å². The number of rotatable bonds is 2. The maximum Gasteiger partial charge on any atom is 0.281 e. The topological polar surface area (TPSA) is 42.6 Å². The fraction of sp³-hybridized carbons (Fsp3) is 0. The molecule has 1 rings (SSSR count). The largest absolute Gasteiger partial charge is 0.465 e. The molecular weight excluding hydrogens is 162 g/mol. The van der Waals surface area contributed by atoms with Gasteiger partial charge in [-0.25, -0.2) is 0 Å². The highest BCUT2D eigenvalue weighted by Gasteiger charge is 1.90. The third-order valence-corrected chi connectivity index (χ3v) is 1.20. The van der Waals surface area contributed by atoms with Crippen LogP contribution in [-0.2, 0) is 17.2 Å². The van der Waals surface area contributed by atoms with Gasteiger partial charge in [0.25, 0.3) is 5.91 Å². The predicted octanol–water partition coefficient (Wildman–Crippen LogP) is 1.55. The number of furan rings is 1. The molecule has 0 radical (unpaired) electrons. The van der Waals surface area contributed by atoms with Crippen molar-refractivity contribution in [3.63, 3.8) is 0 Å². The van der Waals surface area contributed by atoms with Crippen molar-refractivity contribution in [1.29, 1.82) is 0 Å². The third kappa shape index (κ3) is 2.43. The van der Waals surface area contributed by atoms with Gasteiger partial charge >= 0.3 is 0 Å². The van der Waals surface area contributed by atoms with E-state index in [1.165, 1.54) is 18.4 Å². The lowest BCUT2D eigenvalue weighted by Crippen LogP contribution is -1.81. The Kier molecular flexibility index (Phi) is 2.68. The van der Waals surface area contributed by atoms with Crippen molar-refractivity contribution in [3.8, 4) is 0 Å². The molecule has 0 N–H and O–H groups in total. The molecule has 0 aliphatic rings. The van der Waals surface area contributed by atoms with Crippen LogP contribution in [0, 0.1) is 0 Å². The molecule has 56 valence electrons. The van der Waals surface area contributed by atoms with Gasteiger partial charge in [-0.1, -0.05) is 0 Å². The molecule has 0 atom stereocenters. The van der Waals surface area contributed by atoms with E-state index in [4.69, 9.17) is 4.42 Å². The molecule has 1 heterocycles. The van der Waals surface area contributed by atoms with Crippen LogP contribution in [0.15, 0.2) is 33.3 Å². The molecule has 1 amide bonds. The van der Waals surface area contributed by atoms with E-state index < -0.39 is 5.91 Å². The summed E-state index contributed by atoms with van der Waals surface area (Å²) in [5.74, 6) is 0.161. The number of amides is 1. The molecule has 11 heavy (non-hydrogen) atoms.